The lowest BCUT2D eigenvalue weighted by molar-refractivity contribution is -0.105. The van der Waals surface area contributed by atoms with E-state index in [1.54, 1.807) is 24.8 Å². The molecule has 0 amide bonds. The summed E-state index contributed by atoms with van der Waals surface area (Å²) >= 11 is 0.468. The third kappa shape index (κ3) is 6.65. The van der Waals surface area contributed by atoms with Gasteiger partial charge >= 0.3 is 12.8 Å². The predicted octanol–water partition coefficient (Wildman–Crippen LogP) is 5.84. The van der Waals surface area contributed by atoms with E-state index in [0.717, 1.165) is 10.9 Å². The van der Waals surface area contributed by atoms with Gasteiger partial charge in [-0.3, -0.25) is 14.5 Å². The molecule has 2 heterocycles. The average Bonchev–Trinajstić information content (AvgIpc) is 3.23. The van der Waals surface area contributed by atoms with Gasteiger partial charge in [-0.15, -0.1) is 0 Å². The van der Waals surface area contributed by atoms with Crippen molar-refractivity contribution in [2.24, 2.45) is 17.1 Å². The fourth-order valence-electron chi connectivity index (χ4n) is 3.58. The van der Waals surface area contributed by atoms with Gasteiger partial charge < -0.3 is 4.74 Å². The van der Waals surface area contributed by atoms with Crippen molar-refractivity contribution in [2.75, 3.05) is 17.8 Å². The lowest BCUT2D eigenvalue weighted by Crippen LogP contribution is -2.18. The maximum Gasteiger partial charge on any atom is 0.398 e. The molecule has 7 nitrogen and oxygen atoms in total. The molecule has 0 spiro atoms. The van der Waals surface area contributed by atoms with Crippen molar-refractivity contribution in [3.05, 3.63) is 72.1 Å². The molecule has 0 N–H and O–H groups in total. The first kappa shape index (κ1) is 27.0. The minimum absolute atomic E-state index is 0.0120. The van der Waals surface area contributed by atoms with Crippen molar-refractivity contribution in [3.63, 3.8) is 0 Å². The number of benzene rings is 2. The van der Waals surface area contributed by atoms with Gasteiger partial charge in [0.05, 0.1) is 22.0 Å². The van der Waals surface area contributed by atoms with E-state index in [0.29, 0.717) is 29.3 Å². The largest absolute Gasteiger partial charge is 0.435 e. The molecule has 3 aromatic rings. The molecule has 0 fully saturated rings. The number of aryl methyl sites for hydroxylation is 1. The van der Waals surface area contributed by atoms with Crippen molar-refractivity contribution in [1.82, 2.24) is 9.78 Å². The van der Waals surface area contributed by atoms with Crippen LogP contribution >= 0.6 is 11.8 Å². The number of aldehydes is 1. The second kappa shape index (κ2) is 11.2. The van der Waals surface area contributed by atoms with E-state index in [2.05, 4.69) is 19.9 Å². The van der Waals surface area contributed by atoms with E-state index in [9.17, 15) is 26.7 Å². The highest BCUT2D eigenvalue weighted by Crippen LogP contribution is 2.29. The van der Waals surface area contributed by atoms with Crippen LogP contribution in [0.5, 0.6) is 5.75 Å². The molecule has 0 atom stereocenters. The SMILES string of the molecule is CN(/N=C1/C=CC(SCC(F)(F)F)=N/C1=C(/C=O)c1ccc(OC(F)F)cc1)c1ccc2nn(C)cc2c1. The molecule has 0 aliphatic carbocycles. The number of dihydropyridines is 1. The minimum atomic E-state index is -4.42. The smallest absolute Gasteiger partial charge is 0.398 e. The van der Waals surface area contributed by atoms with Crippen LogP contribution in [0.25, 0.3) is 16.5 Å². The van der Waals surface area contributed by atoms with Gasteiger partial charge in [-0.05, 0) is 48.0 Å². The Morgan fingerprint density at radius 2 is 1.92 bits per heavy atom. The van der Waals surface area contributed by atoms with Crippen LogP contribution in [-0.4, -0.2) is 52.4 Å². The van der Waals surface area contributed by atoms with Gasteiger partial charge in [0.25, 0.3) is 0 Å². The molecule has 0 saturated carbocycles. The maximum atomic E-state index is 12.8. The number of hydrogen-bond donors (Lipinski definition) is 0. The standard InChI is InChI=1S/C25H20F5N5O2S/c1-34-12-16-11-17(5-8-20(16)32-34)35(2)33-21-9-10-22(38-14-25(28,29)30)31-23(21)19(13-36)15-3-6-18(7-4-15)37-24(26)27/h3-13,24H,14H2,1-2H3/b23-19-,33-21-. The molecule has 0 bridgehead atoms. The normalized spacial score (nSPS) is 16.2. The molecule has 38 heavy (non-hydrogen) atoms. The maximum absolute atomic E-state index is 12.8. The number of halogens is 5. The molecule has 2 aromatic carbocycles. The molecule has 0 radical (unpaired) electrons. The molecule has 0 unspecified atom stereocenters. The number of nitrogens with zero attached hydrogens (tertiary/aromatic N) is 5. The summed E-state index contributed by atoms with van der Waals surface area (Å²) in [5.41, 5.74) is 2.03. The van der Waals surface area contributed by atoms with Crippen LogP contribution in [0, 0.1) is 0 Å². The summed E-state index contributed by atoms with van der Waals surface area (Å²) in [7, 11) is 3.47. The van der Waals surface area contributed by atoms with Gasteiger partial charge in [0.1, 0.15) is 17.2 Å². The molecule has 1 aromatic heterocycles. The van der Waals surface area contributed by atoms with E-state index in [4.69, 9.17) is 0 Å². The second-order valence-corrected chi connectivity index (χ2v) is 9.02. The Bertz CT molecular complexity index is 1460. The van der Waals surface area contributed by atoms with Crippen molar-refractivity contribution in [3.8, 4) is 5.75 Å². The summed E-state index contributed by atoms with van der Waals surface area (Å²) in [4.78, 5) is 16.5. The highest BCUT2D eigenvalue weighted by molar-refractivity contribution is 8.14. The number of thioether (sulfide) groups is 1. The highest BCUT2D eigenvalue weighted by Gasteiger charge is 2.29. The van der Waals surface area contributed by atoms with Crippen molar-refractivity contribution < 1.29 is 31.5 Å². The number of allylic oxidation sites excluding steroid dienone is 2. The number of anilines is 1. The Morgan fingerprint density at radius 3 is 2.58 bits per heavy atom. The molecule has 1 aliphatic heterocycles. The highest BCUT2D eigenvalue weighted by atomic mass is 32.2. The van der Waals surface area contributed by atoms with Crippen LogP contribution in [0.4, 0.5) is 27.6 Å². The van der Waals surface area contributed by atoms with Crippen LogP contribution in [0.15, 0.2) is 76.6 Å². The van der Waals surface area contributed by atoms with E-state index >= 15 is 0 Å². The van der Waals surface area contributed by atoms with Crippen molar-refractivity contribution in [2.45, 2.75) is 12.8 Å². The van der Waals surface area contributed by atoms with Gasteiger partial charge in [-0.1, -0.05) is 23.9 Å². The Hall–Kier alpha value is -4.00. The monoisotopic (exact) mass is 549 g/mol. The second-order valence-electron chi connectivity index (χ2n) is 8.02. The topological polar surface area (TPSA) is 72.1 Å². The Labute approximate surface area is 218 Å². The number of rotatable bonds is 7. The van der Waals surface area contributed by atoms with E-state index < -0.39 is 18.5 Å². The number of ether oxygens (including phenoxy) is 1. The third-order valence-corrected chi connectivity index (χ3v) is 6.22. The molecule has 1 aliphatic rings. The summed E-state index contributed by atoms with van der Waals surface area (Å²) < 4.78 is 69.5. The molecule has 13 heteroatoms. The number of alkyl halides is 5. The molecular formula is C25H20F5N5O2S. The van der Waals surface area contributed by atoms with Crippen molar-refractivity contribution in [1.29, 1.82) is 0 Å². The number of hydrazone groups is 1. The van der Waals surface area contributed by atoms with Gasteiger partial charge in [0.2, 0.25) is 0 Å². The number of carbonyl (C=O) groups is 1. The van der Waals surface area contributed by atoms with Gasteiger partial charge in [0, 0.05) is 31.3 Å². The third-order valence-electron chi connectivity index (χ3n) is 5.23. The zero-order valence-electron chi connectivity index (χ0n) is 20.0. The number of fused-ring (bicyclic) bond motifs is 1. The van der Waals surface area contributed by atoms with Crippen LogP contribution in [0.3, 0.4) is 0 Å². The molecule has 198 valence electrons. The first-order valence-corrected chi connectivity index (χ1v) is 12.0. The van der Waals surface area contributed by atoms with Crippen LogP contribution in [0.1, 0.15) is 5.56 Å². The van der Waals surface area contributed by atoms with Crippen LogP contribution in [-0.2, 0) is 11.8 Å². The first-order chi connectivity index (χ1) is 18.0. The molecular weight excluding hydrogens is 529 g/mol. The van der Waals surface area contributed by atoms with E-state index in [1.165, 1.54) is 41.4 Å². The fraction of sp³-hybridized carbons (Fsp3) is 0.200. The Balaban J connectivity index is 1.75. The minimum Gasteiger partial charge on any atom is -0.435 e. The summed E-state index contributed by atoms with van der Waals surface area (Å²) in [6.45, 7) is -3.02. The quantitative estimate of drug-likeness (QED) is 0.160. The number of hydrogen-bond acceptors (Lipinski definition) is 7. The molecule has 0 saturated heterocycles. The Morgan fingerprint density at radius 1 is 1.18 bits per heavy atom. The van der Waals surface area contributed by atoms with Crippen LogP contribution in [0.2, 0.25) is 0 Å². The van der Waals surface area contributed by atoms with Crippen molar-refractivity contribution >= 4 is 51.0 Å². The zero-order chi connectivity index (χ0) is 27.4. The average molecular weight is 550 g/mol. The number of carbonyl (C=O) groups excluding carboxylic acids is 1. The van der Waals surface area contributed by atoms with Gasteiger partial charge in [-0.25, -0.2) is 4.99 Å². The lowest BCUT2D eigenvalue weighted by atomic mass is 10.0. The van der Waals surface area contributed by atoms with E-state index in [-0.39, 0.29) is 27.8 Å². The van der Waals surface area contributed by atoms with Crippen LogP contribution < -0.4 is 9.75 Å². The Kier molecular flexibility index (Phi) is 7.95. The first-order valence-electron chi connectivity index (χ1n) is 11.0. The summed E-state index contributed by atoms with van der Waals surface area (Å²) in [5.74, 6) is -1.29. The van der Waals surface area contributed by atoms with Gasteiger partial charge in [-0.2, -0.15) is 32.2 Å². The summed E-state index contributed by atoms with van der Waals surface area (Å²) in [5, 5.41) is 11.3. The fourth-order valence-corrected chi connectivity index (χ4v) is 4.21. The lowest BCUT2D eigenvalue weighted by Gasteiger charge is -2.19. The van der Waals surface area contributed by atoms with E-state index in [1.807, 2.05) is 18.3 Å². The summed E-state index contributed by atoms with van der Waals surface area (Å²) in [6, 6.07) is 10.7. The summed E-state index contributed by atoms with van der Waals surface area (Å²) in [6.07, 6.45) is 0.769. The predicted molar refractivity (Wildman–Crippen MR) is 138 cm³/mol. The number of aromatic nitrogens is 2. The zero-order valence-corrected chi connectivity index (χ0v) is 20.8. The van der Waals surface area contributed by atoms with Gasteiger partial charge in [0.15, 0.2) is 6.29 Å². The number of aliphatic imine (C=N–C) groups is 1. The molecule has 4 rings (SSSR count).